The Bertz CT molecular complexity index is 131. The SMILES string of the molecule is COC(=O)C(=CBr)CBr. The molecule has 0 bridgehead atoms. The average Bonchev–Trinajstić information content (AvgIpc) is 1.90. The van der Waals surface area contributed by atoms with Crippen molar-refractivity contribution in [2.24, 2.45) is 0 Å². The monoisotopic (exact) mass is 256 g/mol. The van der Waals surface area contributed by atoms with Gasteiger partial charge in [-0.3, -0.25) is 0 Å². The molecule has 52 valence electrons. The van der Waals surface area contributed by atoms with E-state index in [4.69, 9.17) is 0 Å². The second kappa shape index (κ2) is 4.99. The highest BCUT2D eigenvalue weighted by Gasteiger charge is 2.04. The van der Waals surface area contributed by atoms with Crippen LogP contribution in [0.3, 0.4) is 0 Å². The quantitative estimate of drug-likeness (QED) is 0.429. The van der Waals surface area contributed by atoms with Crippen molar-refractivity contribution in [3.63, 3.8) is 0 Å². The fraction of sp³-hybridized carbons (Fsp3) is 0.400. The summed E-state index contributed by atoms with van der Waals surface area (Å²) < 4.78 is 4.43. The second-order valence-electron chi connectivity index (χ2n) is 1.26. The molecule has 0 N–H and O–H groups in total. The second-order valence-corrected chi connectivity index (χ2v) is 2.28. The lowest BCUT2D eigenvalue weighted by atomic mass is 10.4. The number of methoxy groups -OCH3 is 1. The number of rotatable bonds is 2. The van der Waals surface area contributed by atoms with Gasteiger partial charge in [-0.1, -0.05) is 31.9 Å². The molecule has 0 saturated carbocycles. The Morgan fingerprint density at radius 3 is 2.44 bits per heavy atom. The van der Waals surface area contributed by atoms with Crippen molar-refractivity contribution in [3.05, 3.63) is 10.6 Å². The number of hydrogen-bond donors (Lipinski definition) is 0. The van der Waals surface area contributed by atoms with Gasteiger partial charge in [0.25, 0.3) is 0 Å². The van der Waals surface area contributed by atoms with Crippen molar-refractivity contribution < 1.29 is 9.53 Å². The summed E-state index contributed by atoms with van der Waals surface area (Å²) in [5.41, 5.74) is 0.567. The van der Waals surface area contributed by atoms with Gasteiger partial charge >= 0.3 is 5.97 Å². The molecule has 0 saturated heterocycles. The zero-order chi connectivity index (χ0) is 7.28. The van der Waals surface area contributed by atoms with Gasteiger partial charge < -0.3 is 4.74 Å². The molecule has 0 fully saturated rings. The van der Waals surface area contributed by atoms with Crippen LogP contribution in [0.4, 0.5) is 0 Å². The third-order valence-corrected chi connectivity index (χ3v) is 1.88. The first-order valence-corrected chi connectivity index (χ1v) is 4.23. The van der Waals surface area contributed by atoms with Crippen LogP contribution in [0.25, 0.3) is 0 Å². The van der Waals surface area contributed by atoms with Gasteiger partial charge in [0.15, 0.2) is 0 Å². The standard InChI is InChI=1S/C5H6Br2O2/c1-9-5(8)4(2-6)3-7/h2H,3H2,1H3. The summed E-state index contributed by atoms with van der Waals surface area (Å²) in [4.78, 5) is 12.2. The van der Waals surface area contributed by atoms with Crippen molar-refractivity contribution >= 4 is 37.8 Å². The van der Waals surface area contributed by atoms with Crippen molar-refractivity contribution in [2.75, 3.05) is 12.4 Å². The fourth-order valence-corrected chi connectivity index (χ4v) is 1.43. The maximum absolute atomic E-state index is 10.6. The Balaban J connectivity index is 3.97. The molecule has 0 amide bonds. The molecule has 0 aliphatic heterocycles. The molecule has 0 atom stereocenters. The van der Waals surface area contributed by atoms with Crippen LogP contribution in [0.5, 0.6) is 0 Å². The van der Waals surface area contributed by atoms with E-state index in [0.717, 1.165) is 0 Å². The molecule has 0 spiro atoms. The Labute approximate surface area is 70.5 Å². The maximum atomic E-state index is 10.6. The molecule has 4 heteroatoms. The minimum absolute atomic E-state index is 0.316. The minimum Gasteiger partial charge on any atom is -0.466 e. The van der Waals surface area contributed by atoms with Crippen molar-refractivity contribution in [3.8, 4) is 0 Å². The molecule has 0 aromatic rings. The summed E-state index contributed by atoms with van der Waals surface area (Å²) in [7, 11) is 1.35. The highest BCUT2D eigenvalue weighted by molar-refractivity contribution is 9.11. The van der Waals surface area contributed by atoms with Gasteiger partial charge in [0, 0.05) is 5.33 Å². The number of ether oxygens (including phenoxy) is 1. The number of carbonyl (C=O) groups is 1. The third kappa shape index (κ3) is 3.01. The van der Waals surface area contributed by atoms with Crippen LogP contribution in [-0.2, 0) is 9.53 Å². The molecule has 0 rings (SSSR count). The highest BCUT2D eigenvalue weighted by atomic mass is 79.9. The predicted octanol–water partition coefficient (Wildman–Crippen LogP) is 1.83. The molecule has 0 heterocycles. The van der Waals surface area contributed by atoms with Crippen LogP contribution in [0.15, 0.2) is 10.6 Å². The van der Waals surface area contributed by atoms with E-state index in [1.165, 1.54) is 12.1 Å². The van der Waals surface area contributed by atoms with E-state index in [1.807, 2.05) is 0 Å². The van der Waals surface area contributed by atoms with Crippen molar-refractivity contribution in [2.45, 2.75) is 0 Å². The summed E-state index contributed by atoms with van der Waals surface area (Å²) in [6.07, 6.45) is 0. The Kier molecular flexibility index (Phi) is 5.09. The van der Waals surface area contributed by atoms with Crippen LogP contribution in [0.1, 0.15) is 0 Å². The Morgan fingerprint density at radius 1 is 1.78 bits per heavy atom. The molecular formula is C5H6Br2O2. The largest absolute Gasteiger partial charge is 0.466 e. The van der Waals surface area contributed by atoms with E-state index in [1.54, 1.807) is 0 Å². The van der Waals surface area contributed by atoms with Crippen molar-refractivity contribution in [1.82, 2.24) is 0 Å². The van der Waals surface area contributed by atoms with Crippen LogP contribution in [-0.4, -0.2) is 18.4 Å². The van der Waals surface area contributed by atoms with E-state index < -0.39 is 0 Å². The maximum Gasteiger partial charge on any atom is 0.335 e. The summed E-state index contributed by atoms with van der Waals surface area (Å²) in [5.74, 6) is -0.316. The normalized spacial score (nSPS) is 11.2. The Hall–Kier alpha value is 0.170. The lowest BCUT2D eigenvalue weighted by Gasteiger charge is -1.96. The topological polar surface area (TPSA) is 26.3 Å². The van der Waals surface area contributed by atoms with E-state index in [0.29, 0.717) is 10.9 Å². The summed E-state index contributed by atoms with van der Waals surface area (Å²) in [6, 6.07) is 0. The number of hydrogen-bond acceptors (Lipinski definition) is 2. The lowest BCUT2D eigenvalue weighted by Crippen LogP contribution is -2.04. The number of halogens is 2. The van der Waals surface area contributed by atoms with Gasteiger partial charge in [0.2, 0.25) is 0 Å². The first kappa shape index (κ1) is 9.17. The highest BCUT2D eigenvalue weighted by Crippen LogP contribution is 2.04. The van der Waals surface area contributed by atoms with Gasteiger partial charge in [-0.15, -0.1) is 0 Å². The molecule has 0 unspecified atom stereocenters. The first-order valence-electron chi connectivity index (χ1n) is 2.19. The Morgan fingerprint density at radius 2 is 2.33 bits per heavy atom. The predicted molar refractivity (Wildman–Crippen MR) is 42.8 cm³/mol. The molecule has 0 aliphatic carbocycles. The summed E-state index contributed by atoms with van der Waals surface area (Å²) >= 11 is 6.14. The van der Waals surface area contributed by atoms with E-state index in [9.17, 15) is 4.79 Å². The molecule has 0 radical (unpaired) electrons. The van der Waals surface area contributed by atoms with Crippen molar-refractivity contribution in [1.29, 1.82) is 0 Å². The molecular weight excluding hydrogens is 252 g/mol. The summed E-state index contributed by atoms with van der Waals surface area (Å²) in [6.45, 7) is 0. The minimum atomic E-state index is -0.316. The molecule has 9 heavy (non-hydrogen) atoms. The third-order valence-electron chi connectivity index (χ3n) is 0.723. The molecule has 0 aliphatic rings. The number of carbonyl (C=O) groups excluding carboxylic acids is 1. The average molecular weight is 258 g/mol. The van der Waals surface area contributed by atoms with Gasteiger partial charge in [0.05, 0.1) is 12.7 Å². The summed E-state index contributed by atoms with van der Waals surface area (Å²) in [5, 5.41) is 0.505. The van der Waals surface area contributed by atoms with Gasteiger partial charge in [0.1, 0.15) is 0 Å². The van der Waals surface area contributed by atoms with Crippen LogP contribution in [0.2, 0.25) is 0 Å². The van der Waals surface area contributed by atoms with E-state index in [2.05, 4.69) is 36.6 Å². The van der Waals surface area contributed by atoms with Gasteiger partial charge in [-0.05, 0) is 4.99 Å². The van der Waals surface area contributed by atoms with E-state index >= 15 is 0 Å². The zero-order valence-corrected chi connectivity index (χ0v) is 8.03. The molecule has 0 aromatic carbocycles. The zero-order valence-electron chi connectivity index (χ0n) is 4.86. The van der Waals surface area contributed by atoms with Crippen LogP contribution >= 0.6 is 31.9 Å². The smallest absolute Gasteiger partial charge is 0.335 e. The van der Waals surface area contributed by atoms with Crippen LogP contribution < -0.4 is 0 Å². The molecule has 2 nitrogen and oxygen atoms in total. The molecule has 0 aromatic heterocycles. The first-order chi connectivity index (χ1) is 4.26. The number of esters is 1. The van der Waals surface area contributed by atoms with Crippen LogP contribution in [0, 0.1) is 0 Å². The fourth-order valence-electron chi connectivity index (χ4n) is 0.259. The van der Waals surface area contributed by atoms with Gasteiger partial charge in [-0.25, -0.2) is 4.79 Å². The van der Waals surface area contributed by atoms with E-state index in [-0.39, 0.29) is 5.97 Å². The van der Waals surface area contributed by atoms with Gasteiger partial charge in [-0.2, -0.15) is 0 Å². The lowest BCUT2D eigenvalue weighted by molar-refractivity contribution is -0.135. The number of alkyl halides is 1.